The third-order valence-corrected chi connectivity index (χ3v) is 1.37. The second kappa shape index (κ2) is 3.83. The third kappa shape index (κ3) is 2.13. The monoisotopic (exact) mass is 150 g/mol. The van der Waals surface area contributed by atoms with E-state index >= 15 is 0 Å². The van der Waals surface area contributed by atoms with Crippen molar-refractivity contribution in [1.82, 2.24) is 4.98 Å². The van der Waals surface area contributed by atoms with E-state index < -0.39 is 0 Å². The zero-order valence-electron chi connectivity index (χ0n) is 6.16. The predicted octanol–water partition coefficient (Wildman–Crippen LogP) is 0.282. The number of hydrogen-bond acceptors (Lipinski definition) is 3. The lowest BCUT2D eigenvalue weighted by atomic mass is 10.2. The average molecular weight is 150 g/mol. The summed E-state index contributed by atoms with van der Waals surface area (Å²) in [7, 11) is 0. The molecule has 0 amide bonds. The Morgan fingerprint density at radius 1 is 1.45 bits per heavy atom. The number of pyridine rings is 1. The average Bonchev–Trinajstić information content (AvgIpc) is 2.06. The van der Waals surface area contributed by atoms with Crippen LogP contribution < -0.4 is 5.73 Å². The van der Waals surface area contributed by atoms with Gasteiger partial charge in [-0.2, -0.15) is 0 Å². The summed E-state index contributed by atoms with van der Waals surface area (Å²) in [6.45, 7) is 0.423. The minimum Gasteiger partial charge on any atom is -0.325 e. The summed E-state index contributed by atoms with van der Waals surface area (Å²) >= 11 is 0. The summed E-state index contributed by atoms with van der Waals surface area (Å²) in [5.74, 6) is 0. The maximum atomic E-state index is 10.1. The molecule has 0 unspecified atom stereocenters. The van der Waals surface area contributed by atoms with Crippen molar-refractivity contribution < 1.29 is 4.79 Å². The van der Waals surface area contributed by atoms with Crippen LogP contribution in [0.2, 0.25) is 0 Å². The summed E-state index contributed by atoms with van der Waals surface area (Å²) in [5, 5.41) is 0. The van der Waals surface area contributed by atoms with Crippen LogP contribution in [0.3, 0.4) is 0 Å². The Balaban J connectivity index is 2.82. The van der Waals surface area contributed by atoms with Crippen LogP contribution >= 0.6 is 0 Å². The third-order valence-electron chi connectivity index (χ3n) is 1.37. The van der Waals surface area contributed by atoms with Gasteiger partial charge in [-0.05, 0) is 12.1 Å². The van der Waals surface area contributed by atoms with E-state index in [9.17, 15) is 4.79 Å². The number of carbonyl (C=O) groups is 1. The molecule has 0 aliphatic rings. The van der Waals surface area contributed by atoms with Crippen molar-refractivity contribution in [1.29, 1.82) is 0 Å². The molecule has 0 aromatic carbocycles. The van der Waals surface area contributed by atoms with Gasteiger partial charge in [0, 0.05) is 18.7 Å². The fraction of sp³-hybridized carbons (Fsp3) is 0.250. The molecular weight excluding hydrogens is 140 g/mol. The number of aromatic nitrogens is 1. The molecule has 0 atom stereocenters. The molecule has 1 rings (SSSR count). The van der Waals surface area contributed by atoms with Crippen LogP contribution in [-0.4, -0.2) is 11.3 Å². The van der Waals surface area contributed by atoms with E-state index in [0.717, 1.165) is 17.7 Å². The molecule has 2 N–H and O–H groups in total. The van der Waals surface area contributed by atoms with E-state index in [1.54, 1.807) is 0 Å². The zero-order valence-corrected chi connectivity index (χ0v) is 6.16. The first-order chi connectivity index (χ1) is 5.36. The van der Waals surface area contributed by atoms with Crippen LogP contribution in [0, 0.1) is 0 Å². The van der Waals surface area contributed by atoms with Gasteiger partial charge in [0.2, 0.25) is 0 Å². The van der Waals surface area contributed by atoms with Gasteiger partial charge in [0.25, 0.3) is 0 Å². The molecule has 1 aromatic rings. The SMILES string of the molecule is NCc1cccc(CC=O)n1. The normalized spacial score (nSPS) is 9.55. The molecular formula is C8H10N2O. The largest absolute Gasteiger partial charge is 0.325 e. The molecule has 0 radical (unpaired) electrons. The molecule has 0 spiro atoms. The van der Waals surface area contributed by atoms with Crippen molar-refractivity contribution in [2.24, 2.45) is 5.73 Å². The lowest BCUT2D eigenvalue weighted by Crippen LogP contribution is -2.01. The van der Waals surface area contributed by atoms with E-state index in [4.69, 9.17) is 5.73 Å². The second-order valence-electron chi connectivity index (χ2n) is 2.20. The van der Waals surface area contributed by atoms with Crippen molar-refractivity contribution >= 4 is 6.29 Å². The molecule has 1 aromatic heterocycles. The van der Waals surface area contributed by atoms with E-state index in [0.29, 0.717) is 13.0 Å². The molecule has 0 fully saturated rings. The van der Waals surface area contributed by atoms with Gasteiger partial charge >= 0.3 is 0 Å². The van der Waals surface area contributed by atoms with E-state index in [1.165, 1.54) is 0 Å². The van der Waals surface area contributed by atoms with Crippen LogP contribution in [0.1, 0.15) is 11.4 Å². The number of carbonyl (C=O) groups excluding carboxylic acids is 1. The highest BCUT2D eigenvalue weighted by atomic mass is 16.1. The van der Waals surface area contributed by atoms with Gasteiger partial charge in [-0.15, -0.1) is 0 Å². The topological polar surface area (TPSA) is 56.0 Å². The highest BCUT2D eigenvalue weighted by molar-refractivity contribution is 5.53. The van der Waals surface area contributed by atoms with Gasteiger partial charge in [0.1, 0.15) is 6.29 Å². The minimum absolute atomic E-state index is 0.369. The molecule has 58 valence electrons. The van der Waals surface area contributed by atoms with Gasteiger partial charge < -0.3 is 10.5 Å². The van der Waals surface area contributed by atoms with Crippen LogP contribution in [0.5, 0.6) is 0 Å². The summed E-state index contributed by atoms with van der Waals surface area (Å²) in [6, 6.07) is 5.51. The quantitative estimate of drug-likeness (QED) is 0.630. The Morgan fingerprint density at radius 3 is 2.82 bits per heavy atom. The predicted molar refractivity (Wildman–Crippen MR) is 41.9 cm³/mol. The van der Waals surface area contributed by atoms with Gasteiger partial charge in [-0.3, -0.25) is 4.98 Å². The highest BCUT2D eigenvalue weighted by Gasteiger charge is 1.93. The van der Waals surface area contributed by atoms with Crippen molar-refractivity contribution in [2.75, 3.05) is 0 Å². The zero-order chi connectivity index (χ0) is 8.10. The van der Waals surface area contributed by atoms with Gasteiger partial charge in [-0.1, -0.05) is 6.07 Å². The standard InChI is InChI=1S/C8H10N2O/c9-6-8-3-1-2-7(10-8)4-5-11/h1-3,5H,4,6,9H2. The fourth-order valence-electron chi connectivity index (χ4n) is 0.842. The first-order valence-corrected chi connectivity index (χ1v) is 3.45. The summed E-state index contributed by atoms with van der Waals surface area (Å²) in [4.78, 5) is 14.2. The smallest absolute Gasteiger partial charge is 0.125 e. The van der Waals surface area contributed by atoms with Crippen LogP contribution in [0.15, 0.2) is 18.2 Å². The minimum atomic E-state index is 0.369. The molecule has 0 saturated carbocycles. The molecule has 0 bridgehead atoms. The lowest BCUT2D eigenvalue weighted by molar-refractivity contribution is -0.107. The molecule has 11 heavy (non-hydrogen) atoms. The Kier molecular flexibility index (Phi) is 2.74. The molecule has 0 saturated heterocycles. The number of aldehydes is 1. The van der Waals surface area contributed by atoms with Crippen molar-refractivity contribution in [3.63, 3.8) is 0 Å². The number of rotatable bonds is 3. The Hall–Kier alpha value is -1.22. The molecule has 0 aliphatic carbocycles. The first kappa shape index (κ1) is 7.88. The maximum absolute atomic E-state index is 10.1. The number of nitrogens with zero attached hydrogens (tertiary/aromatic N) is 1. The van der Waals surface area contributed by atoms with Crippen LogP contribution in [-0.2, 0) is 17.8 Å². The Labute approximate surface area is 65.2 Å². The number of hydrogen-bond donors (Lipinski definition) is 1. The second-order valence-corrected chi connectivity index (χ2v) is 2.20. The number of nitrogens with two attached hydrogens (primary N) is 1. The highest BCUT2D eigenvalue weighted by Crippen LogP contribution is 1.97. The van der Waals surface area contributed by atoms with E-state index in [-0.39, 0.29) is 0 Å². The van der Waals surface area contributed by atoms with Gasteiger partial charge in [-0.25, -0.2) is 0 Å². The fourth-order valence-corrected chi connectivity index (χ4v) is 0.842. The first-order valence-electron chi connectivity index (χ1n) is 3.45. The Morgan fingerprint density at radius 2 is 2.18 bits per heavy atom. The molecule has 3 nitrogen and oxygen atoms in total. The van der Waals surface area contributed by atoms with E-state index in [1.807, 2.05) is 18.2 Å². The lowest BCUT2D eigenvalue weighted by Gasteiger charge is -1.97. The van der Waals surface area contributed by atoms with Crippen LogP contribution in [0.25, 0.3) is 0 Å². The van der Waals surface area contributed by atoms with E-state index in [2.05, 4.69) is 4.98 Å². The van der Waals surface area contributed by atoms with Crippen molar-refractivity contribution in [3.8, 4) is 0 Å². The maximum Gasteiger partial charge on any atom is 0.125 e. The van der Waals surface area contributed by atoms with Gasteiger partial charge in [0.15, 0.2) is 0 Å². The summed E-state index contributed by atoms with van der Waals surface area (Å²) in [6.07, 6.45) is 1.20. The summed E-state index contributed by atoms with van der Waals surface area (Å²) in [5.41, 5.74) is 6.97. The van der Waals surface area contributed by atoms with Crippen LogP contribution in [0.4, 0.5) is 0 Å². The van der Waals surface area contributed by atoms with Crippen molar-refractivity contribution in [3.05, 3.63) is 29.6 Å². The van der Waals surface area contributed by atoms with Crippen molar-refractivity contribution in [2.45, 2.75) is 13.0 Å². The molecule has 0 aliphatic heterocycles. The molecule has 1 heterocycles. The van der Waals surface area contributed by atoms with Gasteiger partial charge in [0.05, 0.1) is 5.69 Å². The molecule has 3 heteroatoms. The summed E-state index contributed by atoms with van der Waals surface area (Å²) < 4.78 is 0. The Bertz CT molecular complexity index is 248.